The number of aliphatic carboxylic acids is 3. The van der Waals surface area contributed by atoms with Crippen molar-refractivity contribution in [2.45, 2.75) is 13.0 Å². The van der Waals surface area contributed by atoms with Gasteiger partial charge in [-0.2, -0.15) is 0 Å². The Morgan fingerprint density at radius 1 is 0.655 bits per heavy atom. The number of nitrogens with zero attached hydrogens (tertiary/aromatic N) is 4. The molecule has 1 atom stereocenters. The van der Waals surface area contributed by atoms with Gasteiger partial charge in [0.25, 0.3) is 0 Å². The molecule has 12 heteroatoms. The Labute approximate surface area is 202 Å². The summed E-state index contributed by atoms with van der Waals surface area (Å²) in [5, 5.41) is 44.6. The summed E-state index contributed by atoms with van der Waals surface area (Å²) in [6.45, 7) is 3.59. The van der Waals surface area contributed by atoms with E-state index in [-0.39, 0.29) is 79.2 Å². The van der Waals surface area contributed by atoms with Crippen LogP contribution >= 0.6 is 0 Å². The quantitative estimate of drug-likeness (QED) is 0.279. The van der Waals surface area contributed by atoms with Gasteiger partial charge in [0.2, 0.25) is 0 Å². The van der Waals surface area contributed by atoms with E-state index in [0.29, 0.717) is 39.3 Å². The zero-order valence-electron chi connectivity index (χ0n) is 16.6. The van der Waals surface area contributed by atoms with Gasteiger partial charge in [0, 0.05) is 112 Å². The van der Waals surface area contributed by atoms with E-state index in [4.69, 9.17) is 0 Å². The van der Waals surface area contributed by atoms with Gasteiger partial charge in [-0.3, -0.25) is 14.7 Å². The van der Waals surface area contributed by atoms with E-state index in [0.717, 1.165) is 0 Å². The minimum Gasteiger partial charge on any atom is -0.851 e. The topological polar surface area (TPSA) is 156 Å². The monoisotopic (exact) mass is 558 g/mol. The molecule has 11 nitrogen and oxygen atoms in total. The molecule has 0 saturated carbocycles. The van der Waals surface area contributed by atoms with Crippen LogP contribution in [-0.4, -0.2) is 122 Å². The fraction of sp³-hybridized carbons (Fsp3) is 0.824. The molecule has 0 aromatic carbocycles. The van der Waals surface area contributed by atoms with Gasteiger partial charge in [-0.25, -0.2) is 0 Å². The molecular formula is C17H28GdN4O7-4. The zero-order valence-corrected chi connectivity index (χ0v) is 18.8. The van der Waals surface area contributed by atoms with Crippen LogP contribution in [0.4, 0.5) is 0 Å². The van der Waals surface area contributed by atoms with Crippen LogP contribution in [0.3, 0.4) is 0 Å². The third-order valence-corrected chi connectivity index (χ3v) is 4.50. The van der Waals surface area contributed by atoms with Crippen molar-refractivity contribution in [1.82, 2.24) is 19.6 Å². The molecule has 170 valence electrons. The third-order valence-electron chi connectivity index (χ3n) is 4.50. The standard InChI is InChI=1S/C17H31N4O7.Gd/c1-14(22)10-18-2-4-19(11-15(23)24)6-8-21(13-17(27)28)9-7-20(5-3-18)12-16(25)26;/h14H,2-13H2,1H3,(H,23,24)(H,25,26)(H,27,28);/q-1;/p-3. The van der Waals surface area contributed by atoms with E-state index in [1.165, 1.54) is 6.92 Å². The molecule has 0 aromatic heterocycles. The van der Waals surface area contributed by atoms with Crippen molar-refractivity contribution in [3.8, 4) is 0 Å². The van der Waals surface area contributed by atoms with Gasteiger partial charge in [0.05, 0.1) is 17.9 Å². The van der Waals surface area contributed by atoms with Gasteiger partial charge in [0.1, 0.15) is 0 Å². The van der Waals surface area contributed by atoms with Crippen molar-refractivity contribution in [3.63, 3.8) is 0 Å². The predicted octanol–water partition coefficient (Wildman–Crippen LogP) is -6.79. The Morgan fingerprint density at radius 2 is 0.897 bits per heavy atom. The molecule has 1 aliphatic heterocycles. The first-order valence-corrected chi connectivity index (χ1v) is 9.30. The maximum Gasteiger partial charge on any atom is 0.0555 e. The molecule has 0 bridgehead atoms. The average Bonchev–Trinajstić information content (AvgIpc) is 2.55. The van der Waals surface area contributed by atoms with Gasteiger partial charge < -0.3 is 39.7 Å². The van der Waals surface area contributed by atoms with Gasteiger partial charge >= 0.3 is 0 Å². The largest absolute Gasteiger partial charge is 0.851 e. The number of carbonyl (C=O) groups excluding carboxylic acids is 3. The second-order valence-electron chi connectivity index (χ2n) is 7.06. The SMILES string of the molecule is CC([O-])CN1CCN(CC(=O)[O-])CCN(CC(=O)[O-])CCN(CC(=O)[O-])CC1.[Gd]. The third kappa shape index (κ3) is 14.2. The van der Waals surface area contributed by atoms with Crippen LogP contribution in [0.15, 0.2) is 0 Å². The van der Waals surface area contributed by atoms with Gasteiger partial charge in [-0.1, -0.05) is 6.92 Å². The van der Waals surface area contributed by atoms with Crippen LogP contribution < -0.4 is 20.4 Å². The smallest absolute Gasteiger partial charge is 0.0555 e. The van der Waals surface area contributed by atoms with Crippen LogP contribution in [0.5, 0.6) is 0 Å². The van der Waals surface area contributed by atoms with Gasteiger partial charge in [-0.15, -0.1) is 6.10 Å². The summed E-state index contributed by atoms with van der Waals surface area (Å²) in [5.41, 5.74) is 0. The van der Waals surface area contributed by atoms with Gasteiger partial charge in [0.15, 0.2) is 0 Å². The number of hydrogen-bond donors (Lipinski definition) is 0. The van der Waals surface area contributed by atoms with E-state index in [1.807, 2.05) is 4.90 Å². The fourth-order valence-corrected chi connectivity index (χ4v) is 3.15. The molecule has 0 radical (unpaired) electrons. The molecule has 1 aliphatic rings. The van der Waals surface area contributed by atoms with Crippen molar-refractivity contribution >= 4 is 17.9 Å². The van der Waals surface area contributed by atoms with E-state index in [2.05, 4.69) is 0 Å². The van der Waals surface area contributed by atoms with E-state index < -0.39 is 24.0 Å². The molecule has 0 aromatic rings. The van der Waals surface area contributed by atoms with E-state index in [9.17, 15) is 34.8 Å². The Balaban J connectivity index is 0.00000784. The normalized spacial score (nSPS) is 20.1. The molecule has 0 amide bonds. The second kappa shape index (κ2) is 15.4. The summed E-state index contributed by atoms with van der Waals surface area (Å²) in [5.74, 6) is -3.73. The molecule has 0 aliphatic carbocycles. The van der Waals surface area contributed by atoms with Crippen LogP contribution in [0, 0.1) is 39.9 Å². The van der Waals surface area contributed by atoms with Crippen LogP contribution in [-0.2, 0) is 14.4 Å². The first-order chi connectivity index (χ1) is 13.2. The van der Waals surface area contributed by atoms with Crippen molar-refractivity contribution < 1.29 is 74.8 Å². The summed E-state index contributed by atoms with van der Waals surface area (Å²) in [6, 6.07) is 0. The molecule has 1 fully saturated rings. The minimum atomic E-state index is -1.26. The van der Waals surface area contributed by atoms with E-state index in [1.54, 1.807) is 14.7 Å². The predicted molar refractivity (Wildman–Crippen MR) is 90.2 cm³/mol. The van der Waals surface area contributed by atoms with Crippen LogP contribution in [0.25, 0.3) is 0 Å². The van der Waals surface area contributed by atoms with Crippen LogP contribution in [0.1, 0.15) is 6.92 Å². The van der Waals surface area contributed by atoms with Crippen molar-refractivity contribution in [2.24, 2.45) is 0 Å². The Hall–Kier alpha value is -0.465. The molecule has 1 rings (SSSR count). The number of carbonyl (C=O) groups is 3. The molecule has 0 N–H and O–H groups in total. The first kappa shape index (κ1) is 28.5. The summed E-state index contributed by atoms with van der Waals surface area (Å²) < 4.78 is 0. The maximum absolute atomic E-state index is 11.6. The molecular weight excluding hydrogens is 529 g/mol. The zero-order chi connectivity index (χ0) is 21.1. The Morgan fingerprint density at radius 3 is 1.10 bits per heavy atom. The number of hydrogen-bond acceptors (Lipinski definition) is 11. The van der Waals surface area contributed by atoms with E-state index >= 15 is 0 Å². The molecule has 29 heavy (non-hydrogen) atoms. The Kier molecular flexibility index (Phi) is 15.1. The van der Waals surface area contributed by atoms with Gasteiger partial charge in [-0.05, 0) is 6.54 Å². The minimum absolute atomic E-state index is 0. The summed E-state index contributed by atoms with van der Waals surface area (Å²) in [6.07, 6.45) is -0.837. The molecule has 1 unspecified atom stereocenters. The van der Waals surface area contributed by atoms with Crippen molar-refractivity contribution in [3.05, 3.63) is 0 Å². The average molecular weight is 558 g/mol. The molecule has 1 saturated heterocycles. The van der Waals surface area contributed by atoms with Crippen molar-refractivity contribution in [2.75, 3.05) is 78.5 Å². The number of rotatable bonds is 8. The first-order valence-electron chi connectivity index (χ1n) is 9.30. The Bertz CT molecular complexity index is 492. The molecule has 0 spiro atoms. The number of carboxylic acid groups (broad SMARTS) is 3. The fourth-order valence-electron chi connectivity index (χ4n) is 3.15. The maximum atomic E-state index is 11.6. The summed E-state index contributed by atoms with van der Waals surface area (Å²) in [7, 11) is 0. The number of carboxylic acids is 3. The summed E-state index contributed by atoms with van der Waals surface area (Å²) in [4.78, 5) is 39.7. The summed E-state index contributed by atoms with van der Waals surface area (Å²) >= 11 is 0. The van der Waals surface area contributed by atoms with Crippen LogP contribution in [0.2, 0.25) is 0 Å². The molecule has 1 heterocycles. The van der Waals surface area contributed by atoms with Crippen molar-refractivity contribution in [1.29, 1.82) is 0 Å². The second-order valence-corrected chi connectivity index (χ2v) is 7.06.